The Morgan fingerprint density at radius 2 is 1.17 bits per heavy atom. The number of carbonyl (C=O) groups excluding carboxylic acids is 1. The predicted octanol–water partition coefficient (Wildman–Crippen LogP) is 4.90. The second-order valence-electron chi connectivity index (χ2n) is 7.68. The fraction of sp³-hybridized carbons (Fsp3) is 0.320. The first-order chi connectivity index (χ1) is 13.9. The lowest BCUT2D eigenvalue weighted by molar-refractivity contribution is -0.112. The van der Waals surface area contributed by atoms with Gasteiger partial charge in [0.25, 0.3) is 0 Å². The molecule has 0 saturated carbocycles. The molecule has 0 atom stereocenters. The van der Waals surface area contributed by atoms with Crippen LogP contribution < -0.4 is 14.8 Å². The van der Waals surface area contributed by atoms with E-state index < -0.39 is 0 Å². The zero-order valence-electron chi connectivity index (χ0n) is 17.6. The van der Waals surface area contributed by atoms with Gasteiger partial charge in [-0.1, -0.05) is 36.4 Å². The van der Waals surface area contributed by atoms with Crippen LogP contribution in [-0.4, -0.2) is 31.1 Å². The summed E-state index contributed by atoms with van der Waals surface area (Å²) in [6.07, 6.45) is 4.00. The van der Waals surface area contributed by atoms with Crippen LogP contribution in [0.25, 0.3) is 12.2 Å². The normalized spacial score (nSPS) is 17.4. The molecule has 0 aliphatic carbocycles. The number of nitrogens with one attached hydrogen (secondary N) is 1. The number of Topliss-reactive ketones (excluding diaryl/α,β-unsaturated/α-hetero) is 1. The average Bonchev–Trinajstić information content (AvgIpc) is 2.67. The third-order valence-electron chi connectivity index (χ3n) is 4.44. The average molecular weight is 392 g/mol. The molecule has 0 aromatic heterocycles. The van der Waals surface area contributed by atoms with E-state index in [4.69, 9.17) is 9.47 Å². The van der Waals surface area contributed by atoms with Gasteiger partial charge < -0.3 is 14.8 Å². The molecule has 1 heterocycles. The van der Waals surface area contributed by atoms with Crippen molar-refractivity contribution in [2.45, 2.75) is 39.9 Å². The van der Waals surface area contributed by atoms with Crippen LogP contribution in [-0.2, 0) is 4.79 Å². The number of carbonyl (C=O) groups is 1. The molecule has 2 aromatic carbocycles. The Morgan fingerprint density at radius 3 is 1.59 bits per heavy atom. The van der Waals surface area contributed by atoms with Crippen LogP contribution in [0, 0.1) is 0 Å². The standard InChI is InChI=1S/C25H29NO3/c1-17(2)28-23-11-7-5-9-19(23)13-21-15-26-16-22(25(21)27)14-20-10-6-8-12-24(20)29-18(3)4/h5-14,17-18,26H,15-16H2,1-4H3/b21-13+,22-14+. The Hall–Kier alpha value is -2.85. The van der Waals surface area contributed by atoms with Gasteiger partial charge in [0, 0.05) is 35.4 Å². The topological polar surface area (TPSA) is 47.6 Å². The van der Waals surface area contributed by atoms with Gasteiger partial charge in [-0.25, -0.2) is 0 Å². The van der Waals surface area contributed by atoms with Gasteiger partial charge in [-0.2, -0.15) is 0 Å². The van der Waals surface area contributed by atoms with Crippen molar-refractivity contribution in [3.63, 3.8) is 0 Å². The molecule has 0 unspecified atom stereocenters. The monoisotopic (exact) mass is 391 g/mol. The van der Waals surface area contributed by atoms with Crippen LogP contribution in [0.5, 0.6) is 11.5 Å². The Balaban J connectivity index is 1.90. The molecule has 3 rings (SSSR count). The number of rotatable bonds is 6. The molecule has 0 bridgehead atoms. The van der Waals surface area contributed by atoms with E-state index in [0.29, 0.717) is 13.1 Å². The van der Waals surface area contributed by atoms with Gasteiger partial charge in [-0.3, -0.25) is 4.79 Å². The highest BCUT2D eigenvalue weighted by atomic mass is 16.5. The van der Waals surface area contributed by atoms with E-state index in [-0.39, 0.29) is 18.0 Å². The van der Waals surface area contributed by atoms with E-state index in [0.717, 1.165) is 33.8 Å². The van der Waals surface area contributed by atoms with E-state index in [2.05, 4.69) is 5.32 Å². The fourth-order valence-electron chi connectivity index (χ4n) is 3.23. The van der Waals surface area contributed by atoms with Crippen LogP contribution in [0.3, 0.4) is 0 Å². The van der Waals surface area contributed by atoms with Crippen LogP contribution in [0.1, 0.15) is 38.8 Å². The van der Waals surface area contributed by atoms with Crippen molar-refractivity contribution >= 4 is 17.9 Å². The van der Waals surface area contributed by atoms with Crippen molar-refractivity contribution < 1.29 is 14.3 Å². The number of ketones is 1. The molecule has 0 amide bonds. The number of benzene rings is 2. The summed E-state index contributed by atoms with van der Waals surface area (Å²) in [5.74, 6) is 1.63. The first kappa shape index (κ1) is 20.9. The van der Waals surface area contributed by atoms with Crippen molar-refractivity contribution in [1.82, 2.24) is 5.32 Å². The Morgan fingerprint density at radius 1 is 0.759 bits per heavy atom. The summed E-state index contributed by atoms with van der Waals surface area (Å²) in [7, 11) is 0. The van der Waals surface area contributed by atoms with Gasteiger partial charge in [-0.15, -0.1) is 0 Å². The van der Waals surface area contributed by atoms with Gasteiger partial charge in [0.15, 0.2) is 5.78 Å². The lowest BCUT2D eigenvalue weighted by Gasteiger charge is -2.20. The zero-order valence-corrected chi connectivity index (χ0v) is 17.6. The number of para-hydroxylation sites is 2. The molecule has 1 saturated heterocycles. The highest BCUT2D eigenvalue weighted by molar-refractivity contribution is 6.14. The fourth-order valence-corrected chi connectivity index (χ4v) is 3.23. The van der Waals surface area contributed by atoms with Crippen LogP contribution in [0.15, 0.2) is 59.7 Å². The third-order valence-corrected chi connectivity index (χ3v) is 4.44. The third kappa shape index (κ3) is 5.58. The van der Waals surface area contributed by atoms with Crippen molar-refractivity contribution in [3.05, 3.63) is 70.8 Å². The molecular weight excluding hydrogens is 362 g/mol. The molecule has 1 aliphatic rings. The smallest absolute Gasteiger partial charge is 0.187 e. The van der Waals surface area contributed by atoms with Gasteiger partial charge in [0.2, 0.25) is 0 Å². The Labute approximate surface area is 173 Å². The molecule has 2 aromatic rings. The molecule has 1 aliphatic heterocycles. The molecule has 1 N–H and O–H groups in total. The highest BCUT2D eigenvalue weighted by Gasteiger charge is 2.21. The maximum Gasteiger partial charge on any atom is 0.187 e. The second kappa shape index (κ2) is 9.57. The summed E-state index contributed by atoms with van der Waals surface area (Å²) in [4.78, 5) is 13.1. The lowest BCUT2D eigenvalue weighted by atomic mass is 9.95. The largest absolute Gasteiger partial charge is 0.490 e. The SMILES string of the molecule is CC(C)Oc1ccccc1/C=C1\CNC/C(=C\c2ccccc2OC(C)C)C1=O. The number of hydrogen-bond acceptors (Lipinski definition) is 4. The summed E-state index contributed by atoms with van der Waals surface area (Å²) in [6.45, 7) is 9.06. The molecule has 4 heteroatoms. The van der Waals surface area contributed by atoms with E-state index in [1.54, 1.807) is 0 Å². The molecular formula is C25H29NO3. The van der Waals surface area contributed by atoms with Crippen LogP contribution in [0.4, 0.5) is 0 Å². The summed E-state index contributed by atoms with van der Waals surface area (Å²) in [5, 5.41) is 3.34. The maximum atomic E-state index is 13.1. The molecule has 0 radical (unpaired) electrons. The maximum absolute atomic E-state index is 13.1. The van der Waals surface area contributed by atoms with Crippen LogP contribution >= 0.6 is 0 Å². The van der Waals surface area contributed by atoms with Gasteiger partial charge >= 0.3 is 0 Å². The molecule has 152 valence electrons. The van der Waals surface area contributed by atoms with Crippen molar-refractivity contribution in [1.29, 1.82) is 0 Å². The first-order valence-electron chi connectivity index (χ1n) is 10.1. The van der Waals surface area contributed by atoms with Crippen LogP contribution in [0.2, 0.25) is 0 Å². The van der Waals surface area contributed by atoms with Crippen molar-refractivity contribution in [3.8, 4) is 11.5 Å². The van der Waals surface area contributed by atoms with Gasteiger partial charge in [0.05, 0.1) is 12.2 Å². The van der Waals surface area contributed by atoms with Crippen molar-refractivity contribution in [2.75, 3.05) is 13.1 Å². The van der Waals surface area contributed by atoms with E-state index in [9.17, 15) is 4.79 Å². The Bertz CT molecular complexity index is 852. The summed E-state index contributed by atoms with van der Waals surface area (Å²) in [6, 6.07) is 15.6. The first-order valence-corrected chi connectivity index (χ1v) is 10.1. The van der Waals surface area contributed by atoms with Crippen molar-refractivity contribution in [2.24, 2.45) is 0 Å². The molecule has 4 nitrogen and oxygen atoms in total. The minimum Gasteiger partial charge on any atom is -0.490 e. The van der Waals surface area contributed by atoms with E-state index >= 15 is 0 Å². The van der Waals surface area contributed by atoms with E-state index in [1.165, 1.54) is 0 Å². The lowest BCUT2D eigenvalue weighted by Crippen LogP contribution is -2.32. The number of ether oxygens (including phenoxy) is 2. The predicted molar refractivity (Wildman–Crippen MR) is 118 cm³/mol. The highest BCUT2D eigenvalue weighted by Crippen LogP contribution is 2.26. The number of hydrogen-bond donors (Lipinski definition) is 1. The minimum absolute atomic E-state index is 0.0578. The quantitative estimate of drug-likeness (QED) is 0.712. The van der Waals surface area contributed by atoms with Gasteiger partial charge in [-0.05, 0) is 52.0 Å². The van der Waals surface area contributed by atoms with Gasteiger partial charge in [0.1, 0.15) is 11.5 Å². The molecule has 29 heavy (non-hydrogen) atoms. The summed E-state index contributed by atoms with van der Waals surface area (Å²) < 4.78 is 11.8. The second-order valence-corrected chi connectivity index (χ2v) is 7.68. The molecule has 0 spiro atoms. The summed E-state index contributed by atoms with van der Waals surface area (Å²) >= 11 is 0. The minimum atomic E-state index is 0.0578. The zero-order chi connectivity index (χ0) is 20.8. The summed E-state index contributed by atoms with van der Waals surface area (Å²) in [5.41, 5.74) is 3.28. The number of piperidine rings is 1. The Kier molecular flexibility index (Phi) is 6.89. The van der Waals surface area contributed by atoms with E-state index in [1.807, 2.05) is 88.4 Å². The molecule has 1 fully saturated rings.